The molecule has 1 aliphatic rings. The third-order valence-electron chi connectivity index (χ3n) is 3.20. The number of aromatic nitrogens is 1. The van der Waals surface area contributed by atoms with Crippen molar-refractivity contribution in [2.45, 2.75) is 52.0 Å². The first-order valence-electron chi connectivity index (χ1n) is 7.04. The van der Waals surface area contributed by atoms with Crippen LogP contribution in [0.2, 0.25) is 0 Å². The Labute approximate surface area is 118 Å². The van der Waals surface area contributed by atoms with Gasteiger partial charge in [0.2, 0.25) is 0 Å². The molecule has 1 heterocycles. The summed E-state index contributed by atoms with van der Waals surface area (Å²) in [6.07, 6.45) is 5.07. The van der Waals surface area contributed by atoms with Crippen molar-refractivity contribution >= 4 is 22.4 Å². The molecule has 1 aromatic heterocycles. The number of ether oxygens (including phenoxy) is 1. The van der Waals surface area contributed by atoms with E-state index in [-0.39, 0.29) is 5.97 Å². The van der Waals surface area contributed by atoms with Crippen molar-refractivity contribution in [1.29, 1.82) is 0 Å². The fourth-order valence-electron chi connectivity index (χ4n) is 2.07. The van der Waals surface area contributed by atoms with Gasteiger partial charge in [-0.05, 0) is 26.2 Å². The lowest BCUT2D eigenvalue weighted by Gasteiger charge is -2.11. The minimum Gasteiger partial charge on any atom is -0.466 e. The Kier molecular flexibility index (Phi) is 5.19. The van der Waals surface area contributed by atoms with E-state index < -0.39 is 0 Å². The quantitative estimate of drug-likeness (QED) is 0.744. The second-order valence-corrected chi connectivity index (χ2v) is 6.03. The van der Waals surface area contributed by atoms with E-state index in [0.29, 0.717) is 25.5 Å². The van der Waals surface area contributed by atoms with E-state index in [0.717, 1.165) is 16.7 Å². The Bertz CT molecular complexity index is 415. The van der Waals surface area contributed by atoms with Crippen molar-refractivity contribution in [3.05, 3.63) is 11.1 Å². The lowest BCUT2D eigenvalue weighted by Crippen LogP contribution is -2.15. The highest BCUT2D eigenvalue weighted by molar-refractivity contribution is 7.13. The van der Waals surface area contributed by atoms with Crippen molar-refractivity contribution in [2.24, 2.45) is 5.92 Å². The number of rotatable bonds is 8. The first-order chi connectivity index (χ1) is 9.17. The van der Waals surface area contributed by atoms with Gasteiger partial charge in [0.15, 0.2) is 5.13 Å². The lowest BCUT2D eigenvalue weighted by atomic mass is 10.2. The third kappa shape index (κ3) is 5.19. The molecule has 1 fully saturated rings. The zero-order chi connectivity index (χ0) is 13.7. The number of thiazole rings is 1. The summed E-state index contributed by atoms with van der Waals surface area (Å²) in [5.41, 5.74) is 0.971. The number of esters is 1. The maximum atomic E-state index is 11.3. The number of hydrogen-bond acceptors (Lipinski definition) is 5. The number of carbonyl (C=O) groups excluding carboxylic acids is 1. The van der Waals surface area contributed by atoms with Crippen LogP contribution in [0.25, 0.3) is 0 Å². The van der Waals surface area contributed by atoms with Crippen LogP contribution >= 0.6 is 11.3 Å². The van der Waals surface area contributed by atoms with Gasteiger partial charge < -0.3 is 10.1 Å². The van der Waals surface area contributed by atoms with Gasteiger partial charge in [-0.1, -0.05) is 12.8 Å². The summed E-state index contributed by atoms with van der Waals surface area (Å²) < 4.78 is 4.91. The molecule has 0 bridgehead atoms. The Morgan fingerprint density at radius 3 is 3.11 bits per heavy atom. The maximum Gasteiger partial charge on any atom is 0.306 e. The maximum absolute atomic E-state index is 11.3. The van der Waals surface area contributed by atoms with Crippen LogP contribution in [0, 0.1) is 5.92 Å². The first kappa shape index (κ1) is 14.3. The topological polar surface area (TPSA) is 51.2 Å². The van der Waals surface area contributed by atoms with Crippen molar-refractivity contribution in [1.82, 2.24) is 4.98 Å². The van der Waals surface area contributed by atoms with Crippen LogP contribution in [0.1, 0.15) is 45.2 Å². The monoisotopic (exact) mass is 282 g/mol. The summed E-state index contributed by atoms with van der Waals surface area (Å²) in [6, 6.07) is 0.483. The molecule has 1 unspecified atom stereocenters. The van der Waals surface area contributed by atoms with Crippen LogP contribution in [0.15, 0.2) is 5.38 Å². The zero-order valence-corrected chi connectivity index (χ0v) is 12.5. The molecule has 1 saturated carbocycles. The summed E-state index contributed by atoms with van der Waals surface area (Å²) in [7, 11) is 0. The highest BCUT2D eigenvalue weighted by Crippen LogP contribution is 2.34. The molecular weight excluding hydrogens is 260 g/mol. The number of hydrogen-bond donors (Lipinski definition) is 1. The molecule has 4 nitrogen and oxygen atoms in total. The number of carbonyl (C=O) groups is 1. The molecule has 2 rings (SSSR count). The molecule has 19 heavy (non-hydrogen) atoms. The molecule has 106 valence electrons. The van der Waals surface area contributed by atoms with E-state index in [1.165, 1.54) is 19.3 Å². The third-order valence-corrected chi connectivity index (χ3v) is 4.02. The van der Waals surface area contributed by atoms with Gasteiger partial charge in [-0.2, -0.15) is 0 Å². The first-order valence-corrected chi connectivity index (χ1v) is 7.92. The van der Waals surface area contributed by atoms with Crippen LogP contribution in [0.4, 0.5) is 5.13 Å². The van der Waals surface area contributed by atoms with E-state index in [1.807, 2.05) is 12.3 Å². The van der Waals surface area contributed by atoms with E-state index in [1.54, 1.807) is 11.3 Å². The van der Waals surface area contributed by atoms with Gasteiger partial charge in [0.1, 0.15) is 0 Å². The smallest absolute Gasteiger partial charge is 0.306 e. The summed E-state index contributed by atoms with van der Waals surface area (Å²) in [4.78, 5) is 15.8. The van der Waals surface area contributed by atoms with Crippen molar-refractivity contribution in [3.8, 4) is 0 Å². The molecule has 0 radical (unpaired) electrons. The number of aryl methyl sites for hydroxylation is 1. The van der Waals surface area contributed by atoms with Gasteiger partial charge in [-0.15, -0.1) is 11.3 Å². The van der Waals surface area contributed by atoms with E-state index in [9.17, 15) is 4.79 Å². The van der Waals surface area contributed by atoms with Gasteiger partial charge in [0, 0.05) is 17.8 Å². The van der Waals surface area contributed by atoms with Gasteiger partial charge in [-0.25, -0.2) is 4.98 Å². The summed E-state index contributed by atoms with van der Waals surface area (Å²) in [5.74, 6) is 0.776. The van der Waals surface area contributed by atoms with Gasteiger partial charge in [0.05, 0.1) is 18.7 Å². The molecular formula is C14H22N2O2S. The zero-order valence-electron chi connectivity index (χ0n) is 11.6. The standard InChI is InChI=1S/C14H22N2O2S/c1-3-18-13(17)7-6-12-9-19-14(16-12)15-10(2)8-11-4-5-11/h9-11H,3-8H2,1-2H3,(H,15,16). The minimum atomic E-state index is -0.146. The predicted molar refractivity (Wildman–Crippen MR) is 77.5 cm³/mol. The highest BCUT2D eigenvalue weighted by Gasteiger charge is 2.23. The van der Waals surface area contributed by atoms with Crippen molar-refractivity contribution in [2.75, 3.05) is 11.9 Å². The average molecular weight is 282 g/mol. The molecule has 0 aromatic carbocycles. The van der Waals surface area contributed by atoms with Crippen LogP contribution in [0.3, 0.4) is 0 Å². The normalized spacial score (nSPS) is 16.1. The van der Waals surface area contributed by atoms with Gasteiger partial charge in [-0.3, -0.25) is 4.79 Å². The Morgan fingerprint density at radius 1 is 1.63 bits per heavy atom. The molecule has 0 saturated heterocycles. The second-order valence-electron chi connectivity index (χ2n) is 5.17. The molecule has 1 atom stereocenters. The predicted octanol–water partition coefficient (Wildman–Crippen LogP) is 3.24. The summed E-state index contributed by atoms with van der Waals surface area (Å²) in [5, 5.41) is 6.42. The number of anilines is 1. The molecule has 5 heteroatoms. The summed E-state index contributed by atoms with van der Waals surface area (Å²) >= 11 is 1.62. The Balaban J connectivity index is 1.73. The fraction of sp³-hybridized carbons (Fsp3) is 0.714. The molecule has 0 aliphatic heterocycles. The van der Waals surface area contributed by atoms with Gasteiger partial charge in [0.25, 0.3) is 0 Å². The number of nitrogens with zero attached hydrogens (tertiary/aromatic N) is 1. The Hall–Kier alpha value is -1.10. The van der Waals surface area contributed by atoms with E-state index in [2.05, 4.69) is 17.2 Å². The highest BCUT2D eigenvalue weighted by atomic mass is 32.1. The molecule has 1 N–H and O–H groups in total. The van der Waals surface area contributed by atoms with Crippen LogP contribution < -0.4 is 5.32 Å². The minimum absolute atomic E-state index is 0.146. The average Bonchev–Trinajstić information content (AvgIpc) is 3.05. The van der Waals surface area contributed by atoms with Crippen LogP contribution in [-0.2, 0) is 16.0 Å². The van der Waals surface area contributed by atoms with Crippen molar-refractivity contribution in [3.63, 3.8) is 0 Å². The van der Waals surface area contributed by atoms with Crippen LogP contribution in [0.5, 0.6) is 0 Å². The summed E-state index contributed by atoms with van der Waals surface area (Å²) in [6.45, 7) is 4.48. The molecule has 0 spiro atoms. The van der Waals surface area contributed by atoms with Crippen molar-refractivity contribution < 1.29 is 9.53 Å². The second kappa shape index (κ2) is 6.89. The van der Waals surface area contributed by atoms with Crippen LogP contribution in [-0.4, -0.2) is 23.6 Å². The number of nitrogens with one attached hydrogen (secondary N) is 1. The Morgan fingerprint density at radius 2 is 2.42 bits per heavy atom. The molecule has 0 amide bonds. The lowest BCUT2D eigenvalue weighted by molar-refractivity contribution is -0.143. The van der Waals surface area contributed by atoms with E-state index >= 15 is 0 Å². The van der Waals surface area contributed by atoms with E-state index in [4.69, 9.17) is 4.74 Å². The largest absolute Gasteiger partial charge is 0.466 e. The molecule has 1 aliphatic carbocycles. The van der Waals surface area contributed by atoms with Gasteiger partial charge >= 0.3 is 5.97 Å². The fourth-order valence-corrected chi connectivity index (χ4v) is 2.93. The SMILES string of the molecule is CCOC(=O)CCc1csc(NC(C)CC2CC2)n1. The molecule has 1 aromatic rings.